The zero-order chi connectivity index (χ0) is 10.2. The predicted molar refractivity (Wildman–Crippen MR) is 61.1 cm³/mol. The molecule has 1 aromatic heterocycles. The van der Waals surface area contributed by atoms with Gasteiger partial charge in [0.15, 0.2) is 0 Å². The van der Waals surface area contributed by atoms with Crippen molar-refractivity contribution in [1.82, 2.24) is 4.98 Å². The van der Waals surface area contributed by atoms with Gasteiger partial charge in [-0.3, -0.25) is 0 Å². The molecule has 1 aromatic rings. The van der Waals surface area contributed by atoms with E-state index >= 15 is 0 Å². The normalized spacial score (nSPS) is 14.6. The van der Waals surface area contributed by atoms with E-state index in [4.69, 9.17) is 5.73 Å². The second-order valence-electron chi connectivity index (χ2n) is 4.21. The summed E-state index contributed by atoms with van der Waals surface area (Å²) in [5.74, 6) is 0. The minimum Gasteiger partial charge on any atom is -0.322 e. The molecule has 0 saturated heterocycles. The van der Waals surface area contributed by atoms with Crippen molar-refractivity contribution in [2.45, 2.75) is 39.2 Å². The summed E-state index contributed by atoms with van der Waals surface area (Å²) in [7, 11) is 0. The fraction of sp³-hybridized carbons (Fsp3) is 0.667. The fourth-order valence-electron chi connectivity index (χ4n) is 0.974. The molecule has 0 aromatic carbocycles. The standard InChI is InChI=1S/C9H15BrN2S/c1-5(11)8-12-7(10)6(13-8)9(2,3)4/h5H,11H2,1-4H3. The molecule has 0 radical (unpaired) electrons. The van der Waals surface area contributed by atoms with Gasteiger partial charge in [0.05, 0.1) is 6.04 Å². The van der Waals surface area contributed by atoms with E-state index < -0.39 is 0 Å². The van der Waals surface area contributed by atoms with Crippen molar-refractivity contribution in [3.63, 3.8) is 0 Å². The lowest BCUT2D eigenvalue weighted by Crippen LogP contribution is -2.09. The number of hydrogen-bond acceptors (Lipinski definition) is 3. The lowest BCUT2D eigenvalue weighted by Gasteiger charge is -2.15. The van der Waals surface area contributed by atoms with E-state index in [0.29, 0.717) is 0 Å². The van der Waals surface area contributed by atoms with Crippen LogP contribution in [-0.4, -0.2) is 4.98 Å². The molecular formula is C9H15BrN2S. The summed E-state index contributed by atoms with van der Waals surface area (Å²) in [6.45, 7) is 8.49. The highest BCUT2D eigenvalue weighted by atomic mass is 79.9. The second kappa shape index (κ2) is 3.67. The Kier molecular flexibility index (Phi) is 3.15. The van der Waals surface area contributed by atoms with Gasteiger partial charge in [-0.05, 0) is 28.3 Å². The molecule has 74 valence electrons. The van der Waals surface area contributed by atoms with Crippen LogP contribution in [0.3, 0.4) is 0 Å². The summed E-state index contributed by atoms with van der Waals surface area (Å²) in [4.78, 5) is 5.65. The summed E-state index contributed by atoms with van der Waals surface area (Å²) in [6, 6.07) is 0.0254. The number of nitrogens with two attached hydrogens (primary N) is 1. The van der Waals surface area contributed by atoms with E-state index in [1.807, 2.05) is 6.92 Å². The smallest absolute Gasteiger partial charge is 0.121 e. The second-order valence-corrected chi connectivity index (χ2v) is 5.99. The number of thiazole rings is 1. The number of rotatable bonds is 1. The van der Waals surface area contributed by atoms with Crippen LogP contribution >= 0.6 is 27.3 Å². The third-order valence-corrected chi connectivity index (χ3v) is 4.19. The topological polar surface area (TPSA) is 38.9 Å². The SMILES string of the molecule is CC(N)c1nc(Br)c(C(C)(C)C)s1. The van der Waals surface area contributed by atoms with E-state index in [2.05, 4.69) is 41.7 Å². The van der Waals surface area contributed by atoms with Gasteiger partial charge in [-0.1, -0.05) is 20.8 Å². The summed E-state index contributed by atoms with van der Waals surface area (Å²) in [5, 5.41) is 0.997. The number of halogens is 1. The highest BCUT2D eigenvalue weighted by Gasteiger charge is 2.22. The molecule has 1 unspecified atom stereocenters. The lowest BCUT2D eigenvalue weighted by atomic mass is 9.96. The van der Waals surface area contributed by atoms with Crippen LogP contribution in [0.4, 0.5) is 0 Å². The van der Waals surface area contributed by atoms with E-state index in [-0.39, 0.29) is 11.5 Å². The van der Waals surface area contributed by atoms with E-state index in [0.717, 1.165) is 9.61 Å². The molecule has 0 bridgehead atoms. The van der Waals surface area contributed by atoms with Crippen LogP contribution in [0.25, 0.3) is 0 Å². The quantitative estimate of drug-likeness (QED) is 0.844. The van der Waals surface area contributed by atoms with Crippen LogP contribution in [0.5, 0.6) is 0 Å². The van der Waals surface area contributed by atoms with Crippen molar-refractivity contribution in [2.24, 2.45) is 5.73 Å². The molecule has 0 aliphatic carbocycles. The van der Waals surface area contributed by atoms with E-state index in [1.165, 1.54) is 4.88 Å². The minimum absolute atomic E-state index is 0.0254. The Bertz CT molecular complexity index is 299. The molecular weight excluding hydrogens is 248 g/mol. The molecule has 1 heterocycles. The zero-order valence-electron chi connectivity index (χ0n) is 8.39. The van der Waals surface area contributed by atoms with Gasteiger partial charge in [0, 0.05) is 4.88 Å². The molecule has 2 nitrogen and oxygen atoms in total. The molecule has 2 N–H and O–H groups in total. The van der Waals surface area contributed by atoms with Gasteiger partial charge in [0.25, 0.3) is 0 Å². The Hall–Kier alpha value is 0.0700. The molecule has 0 saturated carbocycles. The predicted octanol–water partition coefficient (Wildman–Crippen LogP) is 3.22. The lowest BCUT2D eigenvalue weighted by molar-refractivity contribution is 0.599. The summed E-state index contributed by atoms with van der Waals surface area (Å²) >= 11 is 5.16. The zero-order valence-corrected chi connectivity index (χ0v) is 10.8. The third kappa shape index (κ3) is 2.51. The van der Waals surface area contributed by atoms with Gasteiger partial charge in [0.2, 0.25) is 0 Å². The van der Waals surface area contributed by atoms with E-state index in [9.17, 15) is 0 Å². The molecule has 0 aliphatic rings. The van der Waals surface area contributed by atoms with Crippen molar-refractivity contribution in [3.8, 4) is 0 Å². The van der Waals surface area contributed by atoms with Crippen LogP contribution in [0.1, 0.15) is 43.6 Å². The van der Waals surface area contributed by atoms with Crippen LogP contribution < -0.4 is 5.73 Å². The first kappa shape index (κ1) is 11.1. The van der Waals surface area contributed by atoms with Gasteiger partial charge >= 0.3 is 0 Å². The fourth-order valence-corrected chi connectivity index (χ4v) is 3.09. The van der Waals surface area contributed by atoms with Gasteiger partial charge in [-0.15, -0.1) is 11.3 Å². The van der Waals surface area contributed by atoms with Crippen LogP contribution in [0, 0.1) is 0 Å². The Morgan fingerprint density at radius 3 is 2.23 bits per heavy atom. The van der Waals surface area contributed by atoms with Crippen LogP contribution in [0.2, 0.25) is 0 Å². The first-order valence-electron chi connectivity index (χ1n) is 4.24. The monoisotopic (exact) mass is 262 g/mol. The minimum atomic E-state index is 0.0254. The molecule has 1 atom stereocenters. The number of nitrogens with zero attached hydrogens (tertiary/aromatic N) is 1. The van der Waals surface area contributed by atoms with Crippen molar-refractivity contribution in [2.75, 3.05) is 0 Å². The van der Waals surface area contributed by atoms with Crippen molar-refractivity contribution < 1.29 is 0 Å². The summed E-state index contributed by atoms with van der Waals surface area (Å²) in [6.07, 6.45) is 0. The molecule has 0 spiro atoms. The Morgan fingerprint density at radius 1 is 1.46 bits per heavy atom. The third-order valence-electron chi connectivity index (χ3n) is 1.67. The van der Waals surface area contributed by atoms with Crippen molar-refractivity contribution in [3.05, 3.63) is 14.5 Å². The van der Waals surface area contributed by atoms with Gasteiger partial charge in [-0.2, -0.15) is 0 Å². The van der Waals surface area contributed by atoms with Crippen LogP contribution in [-0.2, 0) is 5.41 Å². The van der Waals surface area contributed by atoms with Crippen LogP contribution in [0.15, 0.2) is 4.60 Å². The summed E-state index contributed by atoms with van der Waals surface area (Å²) < 4.78 is 0.942. The summed E-state index contributed by atoms with van der Waals surface area (Å²) in [5.41, 5.74) is 5.91. The average molecular weight is 263 g/mol. The largest absolute Gasteiger partial charge is 0.322 e. The molecule has 4 heteroatoms. The van der Waals surface area contributed by atoms with Crippen molar-refractivity contribution >= 4 is 27.3 Å². The van der Waals surface area contributed by atoms with Gasteiger partial charge in [0.1, 0.15) is 9.61 Å². The molecule has 0 fully saturated rings. The Balaban J connectivity index is 3.11. The van der Waals surface area contributed by atoms with Gasteiger partial charge in [-0.25, -0.2) is 4.98 Å². The maximum Gasteiger partial charge on any atom is 0.121 e. The molecule has 0 amide bonds. The first-order valence-corrected chi connectivity index (χ1v) is 5.85. The average Bonchev–Trinajstić information content (AvgIpc) is 2.29. The first-order chi connectivity index (χ1) is 5.82. The molecule has 0 aliphatic heterocycles. The Labute approximate surface area is 91.7 Å². The molecule has 1 rings (SSSR count). The van der Waals surface area contributed by atoms with Crippen molar-refractivity contribution in [1.29, 1.82) is 0 Å². The number of aromatic nitrogens is 1. The highest BCUT2D eigenvalue weighted by Crippen LogP contribution is 2.35. The highest BCUT2D eigenvalue weighted by molar-refractivity contribution is 9.10. The maximum absolute atomic E-state index is 5.77. The number of hydrogen-bond donors (Lipinski definition) is 1. The Morgan fingerprint density at radius 2 is 2.00 bits per heavy atom. The molecule has 13 heavy (non-hydrogen) atoms. The maximum atomic E-state index is 5.77. The van der Waals surface area contributed by atoms with Gasteiger partial charge < -0.3 is 5.73 Å². The van der Waals surface area contributed by atoms with E-state index in [1.54, 1.807) is 11.3 Å².